The summed E-state index contributed by atoms with van der Waals surface area (Å²) in [5, 5.41) is 0. The number of rotatable bonds is 4. The highest BCUT2D eigenvalue weighted by Gasteiger charge is 2.35. The molecule has 2 aliphatic heterocycles. The number of esters is 1. The highest BCUT2D eigenvalue weighted by Crippen LogP contribution is 2.30. The molecule has 8 heteroatoms. The summed E-state index contributed by atoms with van der Waals surface area (Å²) >= 11 is 0. The van der Waals surface area contributed by atoms with Gasteiger partial charge < -0.3 is 9.64 Å². The summed E-state index contributed by atoms with van der Waals surface area (Å²) in [5.41, 5.74) is 2.92. The van der Waals surface area contributed by atoms with Crippen molar-refractivity contribution in [1.29, 1.82) is 0 Å². The highest BCUT2D eigenvalue weighted by molar-refractivity contribution is 7.90. The number of amidine groups is 1. The molecular formula is C23H24N2O5S. The molecule has 7 nitrogen and oxygen atoms in total. The van der Waals surface area contributed by atoms with E-state index in [2.05, 4.69) is 4.40 Å². The van der Waals surface area contributed by atoms with Crippen LogP contribution in [0.3, 0.4) is 0 Å². The van der Waals surface area contributed by atoms with E-state index in [0.29, 0.717) is 42.9 Å². The Bertz CT molecular complexity index is 1190. The van der Waals surface area contributed by atoms with Crippen molar-refractivity contribution in [2.75, 3.05) is 19.7 Å². The molecule has 2 aliphatic rings. The number of carbonyl (C=O) groups is 2. The van der Waals surface area contributed by atoms with Gasteiger partial charge in [-0.05, 0) is 50.5 Å². The summed E-state index contributed by atoms with van der Waals surface area (Å²) in [6.45, 7) is 4.36. The second-order valence-corrected chi connectivity index (χ2v) is 9.59. The van der Waals surface area contributed by atoms with E-state index in [1.165, 1.54) is 6.07 Å². The van der Waals surface area contributed by atoms with Crippen LogP contribution in [-0.2, 0) is 19.6 Å². The molecule has 31 heavy (non-hydrogen) atoms. The highest BCUT2D eigenvalue weighted by atomic mass is 32.2. The molecule has 2 aromatic rings. The molecule has 0 saturated carbocycles. The number of likely N-dealkylation sites (tertiary alicyclic amines) is 1. The molecule has 1 fully saturated rings. The molecule has 0 aliphatic carbocycles. The van der Waals surface area contributed by atoms with Crippen molar-refractivity contribution in [2.24, 2.45) is 10.3 Å². The Balaban J connectivity index is 1.43. The van der Waals surface area contributed by atoms with Gasteiger partial charge in [-0.15, -0.1) is 4.40 Å². The second-order valence-electron chi connectivity index (χ2n) is 8.02. The first-order valence-corrected chi connectivity index (χ1v) is 11.7. The van der Waals surface area contributed by atoms with Crippen LogP contribution in [0.1, 0.15) is 39.9 Å². The van der Waals surface area contributed by atoms with Crippen LogP contribution in [0.25, 0.3) is 0 Å². The number of fused-ring (bicyclic) bond motifs is 1. The van der Waals surface area contributed by atoms with Gasteiger partial charge in [0.1, 0.15) is 4.90 Å². The van der Waals surface area contributed by atoms with Gasteiger partial charge in [0.05, 0.1) is 5.92 Å². The predicted octanol–water partition coefficient (Wildman–Crippen LogP) is 2.89. The quantitative estimate of drug-likeness (QED) is 0.536. The number of benzene rings is 2. The van der Waals surface area contributed by atoms with Crippen molar-refractivity contribution < 1.29 is 22.7 Å². The maximum Gasteiger partial charge on any atom is 0.311 e. The van der Waals surface area contributed by atoms with Gasteiger partial charge >= 0.3 is 5.97 Å². The van der Waals surface area contributed by atoms with Gasteiger partial charge in [0.15, 0.2) is 12.4 Å². The van der Waals surface area contributed by atoms with Crippen molar-refractivity contribution in [3.63, 3.8) is 0 Å². The molecule has 2 aromatic carbocycles. The average molecular weight is 441 g/mol. The number of hydrogen-bond donors (Lipinski definition) is 0. The van der Waals surface area contributed by atoms with Crippen LogP contribution < -0.4 is 0 Å². The number of hydrogen-bond acceptors (Lipinski definition) is 6. The van der Waals surface area contributed by atoms with Crippen LogP contribution in [0, 0.1) is 19.8 Å². The van der Waals surface area contributed by atoms with Crippen molar-refractivity contribution in [3.8, 4) is 0 Å². The van der Waals surface area contributed by atoms with E-state index in [4.69, 9.17) is 4.74 Å². The summed E-state index contributed by atoms with van der Waals surface area (Å²) in [6.07, 6.45) is 1.32. The number of sulfonamides is 1. The predicted molar refractivity (Wildman–Crippen MR) is 116 cm³/mol. The van der Waals surface area contributed by atoms with E-state index < -0.39 is 21.9 Å². The van der Waals surface area contributed by atoms with E-state index in [-0.39, 0.29) is 17.3 Å². The number of ketones is 1. The first-order valence-electron chi connectivity index (χ1n) is 10.2. The molecule has 2 heterocycles. The van der Waals surface area contributed by atoms with Gasteiger partial charge in [-0.2, -0.15) is 8.42 Å². The number of aryl methyl sites for hydroxylation is 2. The second kappa shape index (κ2) is 8.26. The van der Waals surface area contributed by atoms with Crippen molar-refractivity contribution in [3.05, 3.63) is 64.7 Å². The Morgan fingerprint density at radius 3 is 2.74 bits per heavy atom. The number of ether oxygens (including phenoxy) is 1. The third-order valence-electron chi connectivity index (χ3n) is 5.71. The van der Waals surface area contributed by atoms with Gasteiger partial charge in [0.25, 0.3) is 10.0 Å². The lowest BCUT2D eigenvalue weighted by Gasteiger charge is -2.32. The molecule has 162 valence electrons. The monoisotopic (exact) mass is 440 g/mol. The molecule has 1 unspecified atom stereocenters. The summed E-state index contributed by atoms with van der Waals surface area (Å²) in [4.78, 5) is 27.2. The molecule has 1 saturated heterocycles. The summed E-state index contributed by atoms with van der Waals surface area (Å²) in [6, 6.07) is 12.3. The zero-order chi connectivity index (χ0) is 22.2. The number of Topliss-reactive ketones (excluding diaryl/α,β-unsaturated/α-hetero) is 1. The first kappa shape index (κ1) is 21.2. The van der Waals surface area contributed by atoms with Gasteiger partial charge in [-0.3, -0.25) is 9.59 Å². The number of nitrogens with zero attached hydrogens (tertiary/aromatic N) is 2. The van der Waals surface area contributed by atoms with Crippen molar-refractivity contribution in [1.82, 2.24) is 4.90 Å². The van der Waals surface area contributed by atoms with Gasteiger partial charge in [0, 0.05) is 24.2 Å². The molecular weight excluding hydrogens is 416 g/mol. The van der Waals surface area contributed by atoms with Gasteiger partial charge in [-0.25, -0.2) is 0 Å². The molecule has 0 bridgehead atoms. The Labute approximate surface area is 181 Å². The van der Waals surface area contributed by atoms with E-state index in [9.17, 15) is 18.0 Å². The normalized spacial score (nSPS) is 19.5. The van der Waals surface area contributed by atoms with Crippen LogP contribution in [0.4, 0.5) is 0 Å². The van der Waals surface area contributed by atoms with Gasteiger partial charge in [-0.1, -0.05) is 29.8 Å². The lowest BCUT2D eigenvalue weighted by Crippen LogP contribution is -2.43. The van der Waals surface area contributed by atoms with Crippen LogP contribution in [0.2, 0.25) is 0 Å². The first-order chi connectivity index (χ1) is 14.8. The molecule has 0 aromatic heterocycles. The summed E-state index contributed by atoms with van der Waals surface area (Å²) < 4.78 is 34.0. The Morgan fingerprint density at radius 1 is 1.16 bits per heavy atom. The lowest BCUT2D eigenvalue weighted by molar-refractivity contribution is -0.148. The Morgan fingerprint density at radius 2 is 1.94 bits per heavy atom. The Hall–Kier alpha value is -3.00. The van der Waals surface area contributed by atoms with Crippen molar-refractivity contribution in [2.45, 2.75) is 31.6 Å². The molecule has 4 rings (SSSR count). The van der Waals surface area contributed by atoms with E-state index in [1.807, 2.05) is 30.9 Å². The fourth-order valence-corrected chi connectivity index (χ4v) is 5.27. The van der Waals surface area contributed by atoms with E-state index in [1.54, 1.807) is 24.3 Å². The fraction of sp³-hybridized carbons (Fsp3) is 0.348. The van der Waals surface area contributed by atoms with Crippen LogP contribution >= 0.6 is 0 Å². The molecule has 0 radical (unpaired) electrons. The largest absolute Gasteiger partial charge is 0.457 e. The zero-order valence-electron chi connectivity index (χ0n) is 17.5. The third kappa shape index (κ3) is 4.25. The molecule has 1 atom stereocenters. The minimum atomic E-state index is -3.72. The standard InChI is InChI=1S/C23H24N2O5S/c1-15-9-10-16(2)19(12-15)20(26)14-30-23(27)17-6-5-11-25(13-17)22-18-7-3-4-8-21(18)31(28,29)24-22/h3-4,7-10,12,17H,5-6,11,13-14H2,1-2H3. The number of piperidine rings is 1. The lowest BCUT2D eigenvalue weighted by atomic mass is 9.97. The SMILES string of the molecule is Cc1ccc(C)c(C(=O)COC(=O)C2CCCN(C3=NS(=O)(=O)c4ccccc43)C2)c1. The van der Waals surface area contributed by atoms with Crippen LogP contribution in [-0.4, -0.2) is 50.6 Å². The third-order valence-corrected chi connectivity index (χ3v) is 7.03. The van der Waals surface area contributed by atoms with Crippen LogP contribution in [0.5, 0.6) is 0 Å². The smallest absolute Gasteiger partial charge is 0.311 e. The fourth-order valence-electron chi connectivity index (χ4n) is 4.05. The minimum Gasteiger partial charge on any atom is -0.457 e. The summed E-state index contributed by atoms with van der Waals surface area (Å²) in [7, 11) is -3.72. The molecule has 0 spiro atoms. The topological polar surface area (TPSA) is 93.1 Å². The summed E-state index contributed by atoms with van der Waals surface area (Å²) in [5.74, 6) is -0.751. The maximum absolute atomic E-state index is 12.7. The van der Waals surface area contributed by atoms with E-state index in [0.717, 1.165) is 11.1 Å². The Kier molecular flexibility index (Phi) is 5.66. The maximum atomic E-state index is 12.7. The van der Waals surface area contributed by atoms with E-state index >= 15 is 0 Å². The zero-order valence-corrected chi connectivity index (χ0v) is 18.3. The van der Waals surface area contributed by atoms with Gasteiger partial charge in [0.2, 0.25) is 5.78 Å². The minimum absolute atomic E-state index is 0.189. The number of carbonyl (C=O) groups excluding carboxylic acids is 2. The average Bonchev–Trinajstić information content (AvgIpc) is 3.05. The van der Waals surface area contributed by atoms with Crippen LogP contribution in [0.15, 0.2) is 51.8 Å². The van der Waals surface area contributed by atoms with Crippen molar-refractivity contribution >= 4 is 27.6 Å². The molecule has 0 amide bonds. The molecule has 0 N–H and O–H groups in total.